The van der Waals surface area contributed by atoms with Gasteiger partial charge in [0.25, 0.3) is 0 Å². The fourth-order valence-corrected chi connectivity index (χ4v) is 4.97. The largest absolute Gasteiger partial charge is 0.461 e. The summed E-state index contributed by atoms with van der Waals surface area (Å²) in [6.07, 6.45) is 3.70. The third kappa shape index (κ3) is 8.23. The minimum Gasteiger partial charge on any atom is -0.461 e. The van der Waals surface area contributed by atoms with Crippen LogP contribution in [0.5, 0.6) is 0 Å². The van der Waals surface area contributed by atoms with Gasteiger partial charge >= 0.3 is 5.97 Å². The summed E-state index contributed by atoms with van der Waals surface area (Å²) in [5, 5.41) is 0. The van der Waals surface area contributed by atoms with Crippen molar-refractivity contribution in [2.24, 2.45) is 11.3 Å². The lowest BCUT2D eigenvalue weighted by Crippen LogP contribution is -2.39. The molecular formula is C32H48FN3O3. The quantitative estimate of drug-likeness (QED) is 0.300. The number of carbonyl (C=O) groups is 1. The van der Waals surface area contributed by atoms with Gasteiger partial charge in [-0.15, -0.1) is 0 Å². The topological polar surface area (TPSA) is 64.5 Å². The Labute approximate surface area is 234 Å². The molecule has 0 aromatic carbocycles. The van der Waals surface area contributed by atoms with E-state index in [0.29, 0.717) is 12.1 Å². The molecule has 2 atom stereocenters. The zero-order valence-electron chi connectivity index (χ0n) is 25.6. The van der Waals surface area contributed by atoms with Gasteiger partial charge in [-0.25, -0.2) is 9.18 Å². The van der Waals surface area contributed by atoms with Crippen LogP contribution in [0.1, 0.15) is 111 Å². The second kappa shape index (κ2) is 12.3. The fraction of sp³-hybridized carbons (Fsp3) is 0.656. The third-order valence-corrected chi connectivity index (χ3v) is 7.12. The maximum absolute atomic E-state index is 14.8. The van der Waals surface area contributed by atoms with Crippen LogP contribution < -0.4 is 4.90 Å². The molecule has 0 aliphatic carbocycles. The van der Waals surface area contributed by atoms with Crippen LogP contribution in [-0.2, 0) is 14.3 Å². The summed E-state index contributed by atoms with van der Waals surface area (Å²) >= 11 is 0. The molecule has 2 aromatic rings. The van der Waals surface area contributed by atoms with Gasteiger partial charge in [-0.1, -0.05) is 33.8 Å². The number of hydrogen-bond acceptors (Lipinski definition) is 6. The molecule has 39 heavy (non-hydrogen) atoms. The molecule has 1 saturated heterocycles. The van der Waals surface area contributed by atoms with E-state index in [9.17, 15) is 9.18 Å². The van der Waals surface area contributed by atoms with E-state index in [0.717, 1.165) is 54.0 Å². The molecule has 1 aliphatic heterocycles. The predicted molar refractivity (Wildman–Crippen MR) is 156 cm³/mol. The van der Waals surface area contributed by atoms with Gasteiger partial charge in [-0.2, -0.15) is 0 Å². The second-order valence-corrected chi connectivity index (χ2v) is 13.3. The van der Waals surface area contributed by atoms with Crippen molar-refractivity contribution in [1.82, 2.24) is 9.97 Å². The summed E-state index contributed by atoms with van der Waals surface area (Å²) in [6.45, 7) is 21.7. The highest BCUT2D eigenvalue weighted by Crippen LogP contribution is 2.43. The van der Waals surface area contributed by atoms with Crippen LogP contribution in [0.25, 0.3) is 11.1 Å². The molecular weight excluding hydrogens is 493 g/mol. The van der Waals surface area contributed by atoms with Gasteiger partial charge in [0.1, 0.15) is 6.17 Å². The first-order valence-corrected chi connectivity index (χ1v) is 14.3. The fourth-order valence-electron chi connectivity index (χ4n) is 4.97. The molecule has 216 valence electrons. The van der Waals surface area contributed by atoms with E-state index >= 15 is 0 Å². The average molecular weight is 542 g/mol. The first-order valence-electron chi connectivity index (χ1n) is 14.3. The zero-order chi connectivity index (χ0) is 29.1. The second-order valence-electron chi connectivity index (χ2n) is 13.3. The van der Waals surface area contributed by atoms with Gasteiger partial charge < -0.3 is 14.4 Å². The van der Waals surface area contributed by atoms with E-state index in [1.54, 1.807) is 12.3 Å². The van der Waals surface area contributed by atoms with Gasteiger partial charge in [0.15, 0.2) is 6.10 Å². The Morgan fingerprint density at radius 3 is 2.23 bits per heavy atom. The Kier molecular flexibility index (Phi) is 9.79. The Balaban J connectivity index is 2.19. The van der Waals surface area contributed by atoms with Crippen molar-refractivity contribution in [3.63, 3.8) is 0 Å². The van der Waals surface area contributed by atoms with Crippen LogP contribution >= 0.6 is 0 Å². The number of carbonyl (C=O) groups excluding carboxylic acids is 1. The van der Waals surface area contributed by atoms with E-state index in [-0.39, 0.29) is 17.4 Å². The summed E-state index contributed by atoms with van der Waals surface area (Å²) in [6, 6.07) is 3.68. The van der Waals surface area contributed by atoms with E-state index in [4.69, 9.17) is 14.5 Å². The van der Waals surface area contributed by atoms with Gasteiger partial charge in [0.05, 0.1) is 23.1 Å². The van der Waals surface area contributed by atoms with Crippen molar-refractivity contribution in [1.29, 1.82) is 0 Å². The molecule has 0 spiro atoms. The number of alkyl halides is 1. The van der Waals surface area contributed by atoms with Crippen LogP contribution in [0.4, 0.5) is 10.1 Å². The van der Waals surface area contributed by atoms with Crippen molar-refractivity contribution in [3.8, 4) is 11.1 Å². The van der Waals surface area contributed by atoms with Crippen molar-refractivity contribution in [2.45, 2.75) is 112 Å². The lowest BCUT2D eigenvalue weighted by atomic mass is 9.82. The Morgan fingerprint density at radius 1 is 1.08 bits per heavy atom. The number of aryl methyl sites for hydroxylation is 1. The first-order chi connectivity index (χ1) is 18.1. The molecule has 3 rings (SSSR count). The maximum Gasteiger partial charge on any atom is 0.340 e. The predicted octanol–water partition coefficient (Wildman–Crippen LogP) is 7.94. The van der Waals surface area contributed by atoms with Crippen LogP contribution in [0.15, 0.2) is 24.5 Å². The SMILES string of the molecule is Cc1ncc(-c2ccc(C(F)CC(C)C)nc2)c(N2CCC(C)(C)CC2)c1[C@H](OC(C)(C)C)C(=O)OC(C)C. The molecule has 0 N–H and O–H groups in total. The van der Waals surface area contributed by atoms with Crippen LogP contribution in [0, 0.1) is 18.3 Å². The molecule has 3 heterocycles. The van der Waals surface area contributed by atoms with E-state index < -0.39 is 23.8 Å². The summed E-state index contributed by atoms with van der Waals surface area (Å²) in [5.74, 6) is -0.186. The minimum absolute atomic E-state index is 0.241. The monoisotopic (exact) mass is 541 g/mol. The van der Waals surface area contributed by atoms with Crippen molar-refractivity contribution < 1.29 is 18.7 Å². The van der Waals surface area contributed by atoms with Gasteiger partial charge in [-0.05, 0) is 78.2 Å². The van der Waals surface area contributed by atoms with E-state index in [2.05, 4.69) is 23.7 Å². The number of aromatic nitrogens is 2. The number of halogens is 1. The molecule has 6 nitrogen and oxygen atoms in total. The van der Waals surface area contributed by atoms with Gasteiger partial charge in [0, 0.05) is 47.9 Å². The number of piperidine rings is 1. The minimum atomic E-state index is -1.11. The molecule has 1 aliphatic rings. The first kappa shape index (κ1) is 31.0. The Hall–Kier alpha value is -2.54. The summed E-state index contributed by atoms with van der Waals surface area (Å²) in [4.78, 5) is 25.1. The summed E-state index contributed by atoms with van der Waals surface area (Å²) in [5.41, 5.74) is 4.13. The zero-order valence-corrected chi connectivity index (χ0v) is 25.6. The average Bonchev–Trinajstić information content (AvgIpc) is 2.81. The normalized spacial score (nSPS) is 17.4. The number of pyridine rings is 2. The van der Waals surface area contributed by atoms with Crippen LogP contribution in [-0.4, -0.2) is 40.7 Å². The van der Waals surface area contributed by atoms with Crippen molar-refractivity contribution in [3.05, 3.63) is 41.5 Å². The standard InChI is InChI=1S/C32H48FN3O3/c1-20(2)17-25(33)26-12-11-23(18-35-26)24-19-34-22(5)27(28(24)36-15-13-32(9,10)14-16-36)29(39-31(6,7)8)30(37)38-21(3)4/h11-12,18-21,25,29H,13-17H2,1-10H3/t25?,29-/m0/s1. The molecule has 1 unspecified atom stereocenters. The number of esters is 1. The Bertz CT molecular complexity index is 1110. The molecule has 1 fully saturated rings. The molecule has 0 saturated carbocycles. The molecule has 0 bridgehead atoms. The lowest BCUT2D eigenvalue weighted by Gasteiger charge is -2.41. The number of ether oxygens (including phenoxy) is 2. The summed E-state index contributed by atoms with van der Waals surface area (Å²) in [7, 11) is 0. The van der Waals surface area contributed by atoms with E-state index in [1.165, 1.54) is 0 Å². The molecule has 0 amide bonds. The molecule has 7 heteroatoms. The smallest absolute Gasteiger partial charge is 0.340 e. The molecule has 2 aromatic heterocycles. The third-order valence-electron chi connectivity index (χ3n) is 7.12. The summed E-state index contributed by atoms with van der Waals surface area (Å²) < 4.78 is 26.9. The Morgan fingerprint density at radius 2 is 1.72 bits per heavy atom. The van der Waals surface area contributed by atoms with Crippen molar-refractivity contribution in [2.75, 3.05) is 18.0 Å². The van der Waals surface area contributed by atoms with E-state index in [1.807, 2.05) is 67.7 Å². The maximum atomic E-state index is 14.8. The number of anilines is 1. The number of nitrogens with zero attached hydrogens (tertiary/aromatic N) is 3. The van der Waals surface area contributed by atoms with Gasteiger partial charge in [0.2, 0.25) is 0 Å². The number of rotatable bonds is 9. The lowest BCUT2D eigenvalue weighted by molar-refractivity contribution is -0.171. The van der Waals surface area contributed by atoms with Crippen LogP contribution in [0.2, 0.25) is 0 Å². The highest BCUT2D eigenvalue weighted by Gasteiger charge is 2.37. The number of hydrogen-bond donors (Lipinski definition) is 0. The highest BCUT2D eigenvalue weighted by molar-refractivity contribution is 5.87. The molecule has 0 radical (unpaired) electrons. The van der Waals surface area contributed by atoms with Crippen molar-refractivity contribution >= 4 is 11.7 Å². The van der Waals surface area contributed by atoms with Crippen LogP contribution in [0.3, 0.4) is 0 Å². The highest BCUT2D eigenvalue weighted by atomic mass is 19.1. The van der Waals surface area contributed by atoms with Gasteiger partial charge in [-0.3, -0.25) is 9.97 Å².